The van der Waals surface area contributed by atoms with Crippen LogP contribution in [0.5, 0.6) is 0 Å². The number of benzene rings is 2. The summed E-state index contributed by atoms with van der Waals surface area (Å²) >= 11 is 0. The van der Waals surface area contributed by atoms with Crippen molar-refractivity contribution in [1.82, 2.24) is 10.9 Å². The molecule has 154 valence electrons. The molecular weight excluding hydrogens is 371 g/mol. The molecule has 2 aromatic carbocycles. The number of nitrogens with zero attached hydrogens (tertiary/aromatic N) is 1. The van der Waals surface area contributed by atoms with Gasteiger partial charge in [0.05, 0.1) is 6.10 Å². The fraction of sp³-hybridized carbons (Fsp3) is 0.409. The van der Waals surface area contributed by atoms with Crippen LogP contribution in [-0.2, 0) is 9.53 Å². The van der Waals surface area contributed by atoms with Gasteiger partial charge in [-0.15, -0.1) is 0 Å². The first kappa shape index (κ1) is 19.8. The van der Waals surface area contributed by atoms with Crippen LogP contribution in [0, 0.1) is 5.82 Å². The monoisotopic (exact) mass is 398 g/mol. The molecule has 2 aromatic rings. The van der Waals surface area contributed by atoms with Gasteiger partial charge < -0.3 is 15.0 Å². The molecule has 2 heterocycles. The van der Waals surface area contributed by atoms with Crippen molar-refractivity contribution in [3.63, 3.8) is 0 Å². The zero-order valence-electron chi connectivity index (χ0n) is 16.5. The first-order chi connectivity index (χ1) is 14.1. The van der Waals surface area contributed by atoms with E-state index in [9.17, 15) is 9.18 Å². The van der Waals surface area contributed by atoms with Crippen molar-refractivity contribution < 1.29 is 13.9 Å². The predicted octanol–water partition coefficient (Wildman–Crippen LogP) is 2.99. The van der Waals surface area contributed by atoms with Crippen LogP contribution in [0.2, 0.25) is 0 Å². The topological polar surface area (TPSA) is 65.6 Å². The van der Waals surface area contributed by atoms with E-state index < -0.39 is 0 Å². The minimum Gasteiger partial charge on any atom is -0.381 e. The number of piperidine rings is 1. The Morgan fingerprint density at radius 1 is 1.07 bits per heavy atom. The Labute approximate surface area is 170 Å². The quantitative estimate of drug-likeness (QED) is 0.723. The number of anilines is 2. The lowest BCUT2D eigenvalue weighted by Gasteiger charge is -2.33. The highest BCUT2D eigenvalue weighted by Gasteiger charge is 2.30. The van der Waals surface area contributed by atoms with Crippen molar-refractivity contribution in [2.75, 3.05) is 30.4 Å². The van der Waals surface area contributed by atoms with Crippen molar-refractivity contribution >= 4 is 17.3 Å². The van der Waals surface area contributed by atoms with Crippen LogP contribution in [-0.4, -0.2) is 38.3 Å². The molecule has 0 radical (unpaired) electrons. The molecular formula is C22H27FN4O2. The summed E-state index contributed by atoms with van der Waals surface area (Å²) in [5.74, 6) is -0.351. The van der Waals surface area contributed by atoms with Gasteiger partial charge >= 0.3 is 0 Å². The summed E-state index contributed by atoms with van der Waals surface area (Å²) in [4.78, 5) is 14.9. The van der Waals surface area contributed by atoms with E-state index in [1.54, 1.807) is 19.2 Å². The number of amides is 1. The predicted molar refractivity (Wildman–Crippen MR) is 111 cm³/mol. The molecule has 2 fully saturated rings. The minimum atomic E-state index is -0.349. The molecule has 2 saturated heterocycles. The fourth-order valence-electron chi connectivity index (χ4n) is 3.98. The molecule has 1 amide bonds. The average molecular weight is 398 g/mol. The lowest BCUT2D eigenvalue weighted by Crippen LogP contribution is -2.39. The van der Waals surface area contributed by atoms with Crippen LogP contribution >= 0.6 is 0 Å². The molecule has 0 spiro atoms. The number of carbonyl (C=O) groups is 1. The van der Waals surface area contributed by atoms with Crippen molar-refractivity contribution in [2.45, 2.75) is 37.5 Å². The molecule has 0 bridgehead atoms. The Balaban J connectivity index is 1.30. The maximum absolute atomic E-state index is 13.1. The molecule has 2 aliphatic rings. The second-order valence-corrected chi connectivity index (χ2v) is 7.64. The van der Waals surface area contributed by atoms with E-state index in [4.69, 9.17) is 4.74 Å². The van der Waals surface area contributed by atoms with Gasteiger partial charge in [0, 0.05) is 37.6 Å². The van der Waals surface area contributed by atoms with Crippen LogP contribution in [0.15, 0.2) is 48.5 Å². The number of methoxy groups -OCH3 is 1. The first-order valence-corrected chi connectivity index (χ1v) is 10.1. The van der Waals surface area contributed by atoms with Gasteiger partial charge in [-0.25, -0.2) is 15.2 Å². The van der Waals surface area contributed by atoms with Gasteiger partial charge in [0.2, 0.25) is 5.91 Å². The third-order valence-electron chi connectivity index (χ3n) is 5.77. The van der Waals surface area contributed by atoms with E-state index in [0.29, 0.717) is 12.5 Å². The molecule has 7 heteroatoms. The van der Waals surface area contributed by atoms with Gasteiger partial charge in [0.15, 0.2) is 0 Å². The smallest absolute Gasteiger partial charge is 0.242 e. The van der Waals surface area contributed by atoms with E-state index in [1.807, 2.05) is 24.3 Å². The maximum Gasteiger partial charge on any atom is 0.242 e. The van der Waals surface area contributed by atoms with Crippen LogP contribution in [0.1, 0.15) is 30.9 Å². The number of nitrogens with one attached hydrogen (secondary N) is 3. The summed E-state index contributed by atoms with van der Waals surface area (Å²) in [6, 6.07) is 13.9. The van der Waals surface area contributed by atoms with Crippen LogP contribution in [0.3, 0.4) is 0 Å². The Morgan fingerprint density at radius 2 is 1.76 bits per heavy atom. The van der Waals surface area contributed by atoms with Crippen LogP contribution in [0.25, 0.3) is 0 Å². The van der Waals surface area contributed by atoms with E-state index in [2.05, 4.69) is 21.1 Å². The standard InChI is InChI=1S/C22H27FN4O2/c1-29-19-10-12-27(13-11-19)18-8-6-17(7-9-18)24-22(28)21-14-20(25-26-21)15-2-4-16(23)5-3-15/h2-9,19-21,25-26H,10-14H2,1H3,(H,24,28). The number of ether oxygens (including phenoxy) is 1. The summed E-state index contributed by atoms with van der Waals surface area (Å²) < 4.78 is 18.5. The highest BCUT2D eigenvalue weighted by molar-refractivity contribution is 5.95. The Kier molecular flexibility index (Phi) is 6.08. The third kappa shape index (κ3) is 4.75. The van der Waals surface area contributed by atoms with Gasteiger partial charge in [0.25, 0.3) is 0 Å². The zero-order chi connectivity index (χ0) is 20.2. The van der Waals surface area contributed by atoms with Gasteiger partial charge in [-0.1, -0.05) is 12.1 Å². The SMILES string of the molecule is COC1CCN(c2ccc(NC(=O)C3CC(c4ccc(F)cc4)NN3)cc2)CC1. The zero-order valence-corrected chi connectivity index (χ0v) is 16.5. The number of hydrogen-bond acceptors (Lipinski definition) is 5. The Hall–Kier alpha value is -2.48. The summed E-state index contributed by atoms with van der Waals surface area (Å²) in [6.45, 7) is 1.96. The molecule has 0 aliphatic carbocycles. The number of halogens is 1. The van der Waals surface area contributed by atoms with E-state index in [-0.39, 0.29) is 23.8 Å². The molecule has 6 nitrogen and oxygen atoms in total. The molecule has 3 N–H and O–H groups in total. The fourth-order valence-corrected chi connectivity index (χ4v) is 3.98. The van der Waals surface area contributed by atoms with Gasteiger partial charge in [-0.2, -0.15) is 0 Å². The lowest BCUT2D eigenvalue weighted by molar-refractivity contribution is -0.117. The minimum absolute atomic E-state index is 0.0243. The van der Waals surface area contributed by atoms with Gasteiger partial charge in [-0.05, 0) is 61.2 Å². The number of rotatable bonds is 5. The molecule has 2 atom stereocenters. The summed E-state index contributed by atoms with van der Waals surface area (Å²) in [7, 11) is 1.77. The Bertz CT molecular complexity index is 820. The largest absolute Gasteiger partial charge is 0.381 e. The Morgan fingerprint density at radius 3 is 2.41 bits per heavy atom. The molecule has 29 heavy (non-hydrogen) atoms. The van der Waals surface area contributed by atoms with Crippen molar-refractivity contribution in [2.24, 2.45) is 0 Å². The second kappa shape index (κ2) is 8.90. The molecule has 4 rings (SSSR count). The van der Waals surface area contributed by atoms with E-state index >= 15 is 0 Å². The van der Waals surface area contributed by atoms with Crippen molar-refractivity contribution in [3.05, 3.63) is 59.9 Å². The van der Waals surface area contributed by atoms with E-state index in [0.717, 1.165) is 42.9 Å². The van der Waals surface area contributed by atoms with Gasteiger partial charge in [-0.3, -0.25) is 4.79 Å². The molecule has 2 aliphatic heterocycles. The second-order valence-electron chi connectivity index (χ2n) is 7.64. The first-order valence-electron chi connectivity index (χ1n) is 10.1. The summed E-state index contributed by atoms with van der Waals surface area (Å²) in [6.07, 6.45) is 3.02. The van der Waals surface area contributed by atoms with Gasteiger partial charge in [0.1, 0.15) is 11.9 Å². The molecule has 2 unspecified atom stereocenters. The number of carbonyl (C=O) groups excluding carboxylic acids is 1. The lowest BCUT2D eigenvalue weighted by atomic mass is 10.0. The van der Waals surface area contributed by atoms with E-state index in [1.165, 1.54) is 12.1 Å². The van der Waals surface area contributed by atoms with Crippen LogP contribution in [0.4, 0.5) is 15.8 Å². The number of hydrogen-bond donors (Lipinski definition) is 3. The average Bonchev–Trinajstić information content (AvgIpc) is 3.25. The normalized spacial score (nSPS) is 22.6. The highest BCUT2D eigenvalue weighted by Crippen LogP contribution is 2.25. The summed E-state index contributed by atoms with van der Waals surface area (Å²) in [5.41, 5.74) is 9.05. The maximum atomic E-state index is 13.1. The molecule has 0 aromatic heterocycles. The van der Waals surface area contributed by atoms with Crippen molar-refractivity contribution in [3.8, 4) is 0 Å². The van der Waals surface area contributed by atoms with Crippen LogP contribution < -0.4 is 21.1 Å². The molecule has 0 saturated carbocycles. The highest BCUT2D eigenvalue weighted by atomic mass is 19.1. The summed E-state index contributed by atoms with van der Waals surface area (Å²) in [5, 5.41) is 2.97. The number of hydrazine groups is 1. The third-order valence-corrected chi connectivity index (χ3v) is 5.77. The van der Waals surface area contributed by atoms with Crippen molar-refractivity contribution in [1.29, 1.82) is 0 Å².